The van der Waals surface area contributed by atoms with Gasteiger partial charge in [-0.15, -0.1) is 0 Å². The van der Waals surface area contributed by atoms with E-state index in [2.05, 4.69) is 17.4 Å². The molecule has 0 spiro atoms. The first-order valence-electron chi connectivity index (χ1n) is 6.91. The van der Waals surface area contributed by atoms with Crippen molar-refractivity contribution in [2.24, 2.45) is 0 Å². The lowest BCUT2D eigenvalue weighted by atomic mass is 9.88. The van der Waals surface area contributed by atoms with Crippen LogP contribution in [0.4, 0.5) is 8.78 Å². The maximum Gasteiger partial charge on any atom is 0.163 e. The molecular formula is C17H17F2N. The van der Waals surface area contributed by atoms with E-state index in [4.69, 9.17) is 0 Å². The average molecular weight is 273 g/mol. The van der Waals surface area contributed by atoms with Gasteiger partial charge in [-0.2, -0.15) is 0 Å². The second kappa shape index (κ2) is 5.33. The lowest BCUT2D eigenvalue weighted by Gasteiger charge is -2.25. The first-order chi connectivity index (χ1) is 9.72. The van der Waals surface area contributed by atoms with Crippen molar-refractivity contribution in [1.29, 1.82) is 0 Å². The molecule has 3 heteroatoms. The Labute approximate surface area is 117 Å². The first kappa shape index (κ1) is 13.3. The fourth-order valence-corrected chi connectivity index (χ4v) is 3.27. The molecule has 1 aliphatic rings. The van der Waals surface area contributed by atoms with Gasteiger partial charge < -0.3 is 5.32 Å². The Morgan fingerprint density at radius 2 is 1.90 bits per heavy atom. The van der Waals surface area contributed by atoms with Crippen LogP contribution in [0.25, 0.3) is 0 Å². The van der Waals surface area contributed by atoms with Gasteiger partial charge in [-0.05, 0) is 37.1 Å². The van der Waals surface area contributed by atoms with E-state index < -0.39 is 11.6 Å². The van der Waals surface area contributed by atoms with Gasteiger partial charge in [-0.3, -0.25) is 0 Å². The highest BCUT2D eigenvalue weighted by molar-refractivity contribution is 5.38. The standard InChI is InChI=1S/C17H17F2N/c1-20-17(14-7-4-8-15(18)16(14)19)13-10-9-11-5-2-3-6-12(11)13/h2-8,13,17,20H,9-10H2,1H3. The molecule has 0 amide bonds. The molecular weight excluding hydrogens is 256 g/mol. The number of aryl methyl sites for hydroxylation is 1. The first-order valence-corrected chi connectivity index (χ1v) is 6.91. The molecule has 0 bridgehead atoms. The zero-order valence-corrected chi connectivity index (χ0v) is 11.4. The number of benzene rings is 2. The Hall–Kier alpha value is -1.74. The van der Waals surface area contributed by atoms with Crippen LogP contribution in [0.5, 0.6) is 0 Å². The summed E-state index contributed by atoms with van der Waals surface area (Å²) in [6.07, 6.45) is 1.96. The Bertz CT molecular complexity index is 624. The predicted octanol–water partition coefficient (Wildman–Crippen LogP) is 3.96. The predicted molar refractivity (Wildman–Crippen MR) is 75.7 cm³/mol. The van der Waals surface area contributed by atoms with E-state index in [1.165, 1.54) is 11.1 Å². The summed E-state index contributed by atoms with van der Waals surface area (Å²) in [6, 6.07) is 12.4. The Balaban J connectivity index is 2.02. The van der Waals surface area contributed by atoms with Crippen LogP contribution in [-0.2, 0) is 6.42 Å². The molecule has 3 rings (SSSR count). The summed E-state index contributed by atoms with van der Waals surface area (Å²) in [5, 5.41) is 3.16. The zero-order valence-electron chi connectivity index (χ0n) is 11.4. The van der Waals surface area contributed by atoms with Gasteiger partial charge in [-0.1, -0.05) is 36.4 Å². The summed E-state index contributed by atoms with van der Waals surface area (Å²) in [5.41, 5.74) is 2.97. The van der Waals surface area contributed by atoms with Crippen LogP contribution in [0.2, 0.25) is 0 Å². The van der Waals surface area contributed by atoms with E-state index in [1.807, 2.05) is 12.1 Å². The van der Waals surface area contributed by atoms with Crippen LogP contribution in [0, 0.1) is 11.6 Å². The summed E-state index contributed by atoms with van der Waals surface area (Å²) < 4.78 is 27.5. The normalized spacial score (nSPS) is 18.9. The van der Waals surface area contributed by atoms with Gasteiger partial charge in [0, 0.05) is 17.5 Å². The van der Waals surface area contributed by atoms with Crippen molar-refractivity contribution in [3.63, 3.8) is 0 Å². The van der Waals surface area contributed by atoms with Gasteiger partial charge in [0.05, 0.1) is 0 Å². The van der Waals surface area contributed by atoms with Crippen molar-refractivity contribution in [3.05, 3.63) is 70.8 Å². The van der Waals surface area contributed by atoms with Gasteiger partial charge in [0.25, 0.3) is 0 Å². The third-order valence-electron chi connectivity index (χ3n) is 4.21. The molecule has 2 atom stereocenters. The van der Waals surface area contributed by atoms with Crippen LogP contribution in [-0.4, -0.2) is 7.05 Å². The maximum atomic E-state index is 14.1. The Morgan fingerprint density at radius 3 is 2.70 bits per heavy atom. The molecule has 20 heavy (non-hydrogen) atoms. The monoisotopic (exact) mass is 273 g/mol. The van der Waals surface area contributed by atoms with E-state index in [1.54, 1.807) is 19.2 Å². The number of fused-ring (bicyclic) bond motifs is 1. The topological polar surface area (TPSA) is 12.0 Å². The van der Waals surface area contributed by atoms with Crippen molar-refractivity contribution < 1.29 is 8.78 Å². The van der Waals surface area contributed by atoms with E-state index in [0.717, 1.165) is 18.9 Å². The average Bonchev–Trinajstić information content (AvgIpc) is 2.88. The summed E-state index contributed by atoms with van der Waals surface area (Å²) in [4.78, 5) is 0. The second-order valence-corrected chi connectivity index (χ2v) is 5.25. The minimum Gasteiger partial charge on any atom is -0.312 e. The quantitative estimate of drug-likeness (QED) is 0.892. The SMILES string of the molecule is CNC(c1cccc(F)c1F)C1CCc2ccccc21. The molecule has 2 aromatic carbocycles. The Kier molecular flexibility index (Phi) is 3.53. The molecule has 1 N–H and O–H groups in total. The number of halogens is 2. The summed E-state index contributed by atoms with van der Waals surface area (Å²) in [6.45, 7) is 0. The summed E-state index contributed by atoms with van der Waals surface area (Å²) in [5.74, 6) is -1.34. The summed E-state index contributed by atoms with van der Waals surface area (Å²) in [7, 11) is 1.80. The van der Waals surface area contributed by atoms with Crippen molar-refractivity contribution in [1.82, 2.24) is 5.32 Å². The fraction of sp³-hybridized carbons (Fsp3) is 0.294. The van der Waals surface area contributed by atoms with Gasteiger partial charge >= 0.3 is 0 Å². The number of likely N-dealkylation sites (N-methyl/N-ethyl adjacent to an activating group) is 1. The molecule has 0 aromatic heterocycles. The highest BCUT2D eigenvalue weighted by Gasteiger charge is 2.31. The molecule has 2 aromatic rings. The van der Waals surface area contributed by atoms with Crippen molar-refractivity contribution in [2.75, 3.05) is 7.05 Å². The molecule has 104 valence electrons. The van der Waals surface area contributed by atoms with Gasteiger partial charge in [0.15, 0.2) is 11.6 Å². The van der Waals surface area contributed by atoms with E-state index in [9.17, 15) is 8.78 Å². The third-order valence-corrected chi connectivity index (χ3v) is 4.21. The van der Waals surface area contributed by atoms with Crippen molar-refractivity contribution in [2.45, 2.75) is 24.8 Å². The smallest absolute Gasteiger partial charge is 0.163 e. The number of nitrogens with one attached hydrogen (secondary N) is 1. The molecule has 0 aliphatic heterocycles. The molecule has 1 aliphatic carbocycles. The molecule has 1 nitrogen and oxygen atoms in total. The van der Waals surface area contributed by atoms with Gasteiger partial charge in [-0.25, -0.2) is 8.78 Å². The maximum absolute atomic E-state index is 14.1. The van der Waals surface area contributed by atoms with E-state index in [-0.39, 0.29) is 12.0 Å². The van der Waals surface area contributed by atoms with Gasteiger partial charge in [0.2, 0.25) is 0 Å². The minimum atomic E-state index is -0.783. The van der Waals surface area contributed by atoms with Crippen LogP contribution >= 0.6 is 0 Å². The lowest BCUT2D eigenvalue weighted by molar-refractivity contribution is 0.433. The molecule has 2 unspecified atom stereocenters. The minimum absolute atomic E-state index is 0.187. The highest BCUT2D eigenvalue weighted by atomic mass is 19.2. The van der Waals surface area contributed by atoms with Crippen molar-refractivity contribution in [3.8, 4) is 0 Å². The molecule has 0 saturated carbocycles. The van der Waals surface area contributed by atoms with Crippen LogP contribution in [0.3, 0.4) is 0 Å². The van der Waals surface area contributed by atoms with Crippen LogP contribution < -0.4 is 5.32 Å². The molecule has 0 saturated heterocycles. The lowest BCUT2D eigenvalue weighted by Crippen LogP contribution is -2.24. The van der Waals surface area contributed by atoms with E-state index >= 15 is 0 Å². The number of hydrogen-bond donors (Lipinski definition) is 1. The highest BCUT2D eigenvalue weighted by Crippen LogP contribution is 2.42. The van der Waals surface area contributed by atoms with Crippen LogP contribution in [0.1, 0.15) is 35.1 Å². The zero-order chi connectivity index (χ0) is 14.1. The van der Waals surface area contributed by atoms with Crippen molar-refractivity contribution >= 4 is 0 Å². The molecule has 0 fully saturated rings. The van der Waals surface area contributed by atoms with Crippen LogP contribution in [0.15, 0.2) is 42.5 Å². The third kappa shape index (κ3) is 2.12. The van der Waals surface area contributed by atoms with Gasteiger partial charge in [0.1, 0.15) is 0 Å². The molecule has 0 heterocycles. The second-order valence-electron chi connectivity index (χ2n) is 5.25. The van der Waals surface area contributed by atoms with E-state index in [0.29, 0.717) is 5.56 Å². The molecule has 0 radical (unpaired) electrons. The summed E-state index contributed by atoms with van der Waals surface area (Å²) >= 11 is 0. The number of hydrogen-bond acceptors (Lipinski definition) is 1. The fourth-order valence-electron chi connectivity index (χ4n) is 3.27. The Morgan fingerprint density at radius 1 is 1.10 bits per heavy atom. The number of rotatable bonds is 3. The largest absolute Gasteiger partial charge is 0.312 e.